The van der Waals surface area contributed by atoms with Crippen molar-refractivity contribution in [3.05, 3.63) is 16.0 Å². The summed E-state index contributed by atoms with van der Waals surface area (Å²) in [7, 11) is 0. The van der Waals surface area contributed by atoms with Crippen LogP contribution in [0.1, 0.15) is 40.6 Å². The van der Waals surface area contributed by atoms with E-state index in [2.05, 4.69) is 10.6 Å². The van der Waals surface area contributed by atoms with E-state index in [-0.39, 0.29) is 23.7 Å². The molecule has 2 amide bonds. The number of ether oxygens (including phenoxy) is 1. The second-order valence-corrected chi connectivity index (χ2v) is 6.52. The second kappa shape index (κ2) is 6.44. The Morgan fingerprint density at radius 2 is 2.10 bits per heavy atom. The SMILES string of the molecule is Cc1sc(NC(=O)NC2CCOC(C)C2)c(C(=O)O)c1C. The second-order valence-electron chi connectivity index (χ2n) is 5.29. The fourth-order valence-corrected chi connectivity index (χ4v) is 3.47. The van der Waals surface area contributed by atoms with Crippen LogP contribution in [-0.4, -0.2) is 35.9 Å². The van der Waals surface area contributed by atoms with Crippen LogP contribution < -0.4 is 10.6 Å². The molecule has 0 spiro atoms. The average Bonchev–Trinajstić information content (AvgIpc) is 2.64. The largest absolute Gasteiger partial charge is 0.478 e. The quantitative estimate of drug-likeness (QED) is 0.801. The first kappa shape index (κ1) is 15.8. The highest BCUT2D eigenvalue weighted by Gasteiger charge is 2.23. The zero-order chi connectivity index (χ0) is 15.6. The van der Waals surface area contributed by atoms with Crippen molar-refractivity contribution in [3.63, 3.8) is 0 Å². The molecular weight excluding hydrogens is 292 g/mol. The van der Waals surface area contributed by atoms with Gasteiger partial charge in [-0.15, -0.1) is 11.3 Å². The number of hydrogen-bond donors (Lipinski definition) is 3. The zero-order valence-electron chi connectivity index (χ0n) is 12.4. The molecule has 1 aromatic rings. The molecule has 2 atom stereocenters. The van der Waals surface area contributed by atoms with Crippen LogP contribution in [0.4, 0.5) is 9.80 Å². The van der Waals surface area contributed by atoms with Crippen LogP contribution in [0.3, 0.4) is 0 Å². The molecule has 0 saturated carbocycles. The summed E-state index contributed by atoms with van der Waals surface area (Å²) in [6.07, 6.45) is 1.66. The summed E-state index contributed by atoms with van der Waals surface area (Å²) in [5, 5.41) is 15.2. The van der Waals surface area contributed by atoms with Gasteiger partial charge in [-0.3, -0.25) is 5.32 Å². The first-order valence-electron chi connectivity index (χ1n) is 6.91. The standard InChI is InChI=1S/C14H20N2O4S/c1-7-6-10(4-5-20-7)15-14(19)16-12-11(13(17)18)8(2)9(3)21-12/h7,10H,4-6H2,1-3H3,(H,17,18)(H2,15,16,19). The fourth-order valence-electron chi connectivity index (χ4n) is 2.43. The van der Waals surface area contributed by atoms with Gasteiger partial charge in [0.25, 0.3) is 0 Å². The van der Waals surface area contributed by atoms with Gasteiger partial charge in [-0.2, -0.15) is 0 Å². The number of carbonyl (C=O) groups excluding carboxylic acids is 1. The Hall–Kier alpha value is -1.60. The van der Waals surface area contributed by atoms with E-state index in [1.54, 1.807) is 6.92 Å². The number of urea groups is 1. The van der Waals surface area contributed by atoms with Gasteiger partial charge >= 0.3 is 12.0 Å². The Morgan fingerprint density at radius 3 is 2.71 bits per heavy atom. The highest BCUT2D eigenvalue weighted by Crippen LogP contribution is 2.32. The molecule has 1 aliphatic rings. The minimum Gasteiger partial charge on any atom is -0.478 e. The highest BCUT2D eigenvalue weighted by molar-refractivity contribution is 7.16. The van der Waals surface area contributed by atoms with E-state index in [1.807, 2.05) is 13.8 Å². The summed E-state index contributed by atoms with van der Waals surface area (Å²) in [6, 6.07) is -0.304. The van der Waals surface area contributed by atoms with Gasteiger partial charge in [0.1, 0.15) is 5.00 Å². The van der Waals surface area contributed by atoms with Gasteiger partial charge in [-0.25, -0.2) is 9.59 Å². The van der Waals surface area contributed by atoms with Crippen LogP contribution in [0.25, 0.3) is 0 Å². The zero-order valence-corrected chi connectivity index (χ0v) is 13.2. The molecule has 1 fully saturated rings. The number of carboxylic acids is 1. The van der Waals surface area contributed by atoms with Gasteiger partial charge in [0.05, 0.1) is 11.7 Å². The minimum absolute atomic E-state index is 0.0594. The lowest BCUT2D eigenvalue weighted by Gasteiger charge is -2.27. The maximum Gasteiger partial charge on any atom is 0.338 e. The topological polar surface area (TPSA) is 87.7 Å². The normalized spacial score (nSPS) is 21.9. The number of thiophene rings is 1. The molecule has 1 aliphatic heterocycles. The van der Waals surface area contributed by atoms with Crippen LogP contribution in [-0.2, 0) is 4.74 Å². The lowest BCUT2D eigenvalue weighted by Crippen LogP contribution is -2.43. The molecule has 0 aliphatic carbocycles. The van der Waals surface area contributed by atoms with Crippen molar-refractivity contribution >= 4 is 28.3 Å². The van der Waals surface area contributed by atoms with Crippen LogP contribution in [0.2, 0.25) is 0 Å². The molecule has 2 rings (SSSR count). The first-order valence-corrected chi connectivity index (χ1v) is 7.72. The maximum absolute atomic E-state index is 12.0. The van der Waals surface area contributed by atoms with Crippen molar-refractivity contribution in [2.24, 2.45) is 0 Å². The number of carbonyl (C=O) groups is 2. The van der Waals surface area contributed by atoms with Crippen molar-refractivity contribution < 1.29 is 19.4 Å². The third kappa shape index (κ3) is 3.74. The number of aromatic carboxylic acids is 1. The number of rotatable bonds is 3. The van der Waals surface area contributed by atoms with E-state index in [0.29, 0.717) is 17.2 Å². The third-order valence-corrected chi connectivity index (χ3v) is 4.77. The molecule has 21 heavy (non-hydrogen) atoms. The van der Waals surface area contributed by atoms with Crippen LogP contribution in [0.5, 0.6) is 0 Å². The Labute approximate surface area is 127 Å². The van der Waals surface area contributed by atoms with Gasteiger partial charge in [0.15, 0.2) is 0 Å². The molecule has 1 saturated heterocycles. The van der Waals surface area contributed by atoms with E-state index >= 15 is 0 Å². The third-order valence-electron chi connectivity index (χ3n) is 3.65. The molecular formula is C14H20N2O4S. The van der Waals surface area contributed by atoms with Crippen molar-refractivity contribution in [2.75, 3.05) is 11.9 Å². The molecule has 6 nitrogen and oxygen atoms in total. The average molecular weight is 312 g/mol. The van der Waals surface area contributed by atoms with E-state index in [1.165, 1.54) is 11.3 Å². The Kier molecular flexibility index (Phi) is 4.84. The first-order chi connectivity index (χ1) is 9.88. The van der Waals surface area contributed by atoms with Crippen molar-refractivity contribution in [1.82, 2.24) is 5.32 Å². The number of carboxylic acid groups (broad SMARTS) is 1. The molecule has 0 aromatic carbocycles. The Bertz CT molecular complexity index is 555. The predicted octanol–water partition coefficient (Wildman–Crippen LogP) is 2.75. The van der Waals surface area contributed by atoms with E-state index < -0.39 is 5.97 Å². The summed E-state index contributed by atoms with van der Waals surface area (Å²) in [4.78, 5) is 24.2. The fraction of sp³-hybridized carbons (Fsp3) is 0.571. The molecule has 2 unspecified atom stereocenters. The van der Waals surface area contributed by atoms with Crippen molar-refractivity contribution in [3.8, 4) is 0 Å². The van der Waals surface area contributed by atoms with Gasteiger partial charge < -0.3 is 15.2 Å². The Morgan fingerprint density at radius 1 is 1.38 bits per heavy atom. The number of anilines is 1. The minimum atomic E-state index is -1.02. The van der Waals surface area contributed by atoms with Gasteiger partial charge in [0, 0.05) is 17.5 Å². The van der Waals surface area contributed by atoms with E-state index in [0.717, 1.165) is 17.7 Å². The Balaban J connectivity index is 2.03. The van der Waals surface area contributed by atoms with Crippen LogP contribution in [0, 0.1) is 13.8 Å². The summed E-state index contributed by atoms with van der Waals surface area (Å²) in [5.41, 5.74) is 0.871. The highest BCUT2D eigenvalue weighted by atomic mass is 32.1. The molecule has 2 heterocycles. The number of amides is 2. The molecule has 1 aromatic heterocycles. The van der Waals surface area contributed by atoms with Gasteiger partial charge in [-0.1, -0.05) is 0 Å². The summed E-state index contributed by atoms with van der Waals surface area (Å²) in [5.74, 6) is -1.02. The maximum atomic E-state index is 12.0. The smallest absolute Gasteiger partial charge is 0.338 e. The lowest BCUT2D eigenvalue weighted by molar-refractivity contribution is 0.0157. The lowest BCUT2D eigenvalue weighted by atomic mass is 10.0. The predicted molar refractivity (Wildman–Crippen MR) is 81.3 cm³/mol. The number of nitrogens with one attached hydrogen (secondary N) is 2. The molecule has 116 valence electrons. The van der Waals surface area contributed by atoms with Crippen molar-refractivity contribution in [1.29, 1.82) is 0 Å². The number of aryl methyl sites for hydroxylation is 1. The van der Waals surface area contributed by atoms with Crippen molar-refractivity contribution in [2.45, 2.75) is 45.8 Å². The molecule has 7 heteroatoms. The van der Waals surface area contributed by atoms with Gasteiger partial charge in [-0.05, 0) is 39.2 Å². The summed E-state index contributed by atoms with van der Waals surface area (Å²) < 4.78 is 5.43. The number of hydrogen-bond acceptors (Lipinski definition) is 4. The van der Waals surface area contributed by atoms with Crippen LogP contribution in [0.15, 0.2) is 0 Å². The molecule has 0 radical (unpaired) electrons. The van der Waals surface area contributed by atoms with E-state index in [4.69, 9.17) is 4.74 Å². The van der Waals surface area contributed by atoms with Crippen LogP contribution >= 0.6 is 11.3 Å². The van der Waals surface area contributed by atoms with Gasteiger partial charge in [0.2, 0.25) is 0 Å². The summed E-state index contributed by atoms with van der Waals surface area (Å²) in [6.45, 7) is 6.19. The summed E-state index contributed by atoms with van der Waals surface area (Å²) >= 11 is 1.28. The monoisotopic (exact) mass is 312 g/mol. The molecule has 3 N–H and O–H groups in total. The molecule has 0 bridgehead atoms. The van der Waals surface area contributed by atoms with E-state index in [9.17, 15) is 14.7 Å².